The van der Waals surface area contributed by atoms with Crippen molar-refractivity contribution in [3.63, 3.8) is 0 Å². The lowest BCUT2D eigenvalue weighted by Gasteiger charge is -2.28. The summed E-state index contributed by atoms with van der Waals surface area (Å²) < 4.78 is 10.9. The number of amides is 1. The predicted molar refractivity (Wildman–Crippen MR) is 108 cm³/mol. The van der Waals surface area contributed by atoms with E-state index in [0.29, 0.717) is 12.3 Å². The standard InChI is InChI=1S/C18H26N4O6S/c1-18(2,12-19-17(24)7-4-8-28-22(25)26)20-9-13(23)11-27-15-5-3-6-16-14(15)10-21-29-16/h3,5-6,10,13,20,23H,4,7-9,11-12H2,1-2H3,(H,19,24). The molecule has 1 unspecified atom stereocenters. The molecule has 1 atom stereocenters. The Hall–Kier alpha value is -2.50. The van der Waals surface area contributed by atoms with E-state index in [1.54, 1.807) is 6.20 Å². The Morgan fingerprint density at radius 2 is 2.24 bits per heavy atom. The van der Waals surface area contributed by atoms with Gasteiger partial charge in [-0.15, -0.1) is 10.1 Å². The molecule has 0 radical (unpaired) electrons. The largest absolute Gasteiger partial charge is 0.490 e. The van der Waals surface area contributed by atoms with Crippen LogP contribution >= 0.6 is 11.5 Å². The monoisotopic (exact) mass is 426 g/mol. The number of β-amino-alcohol motifs (C(OH)–C–C–N with tert-alkyl or cyclic N) is 1. The van der Waals surface area contributed by atoms with Gasteiger partial charge in [0.15, 0.2) is 0 Å². The van der Waals surface area contributed by atoms with E-state index in [-0.39, 0.29) is 38.5 Å². The van der Waals surface area contributed by atoms with Crippen LogP contribution in [0, 0.1) is 10.1 Å². The van der Waals surface area contributed by atoms with E-state index in [9.17, 15) is 20.0 Å². The Bertz CT molecular complexity index is 813. The van der Waals surface area contributed by atoms with Crippen molar-refractivity contribution < 1.29 is 24.6 Å². The van der Waals surface area contributed by atoms with Gasteiger partial charge < -0.3 is 25.3 Å². The lowest BCUT2D eigenvalue weighted by atomic mass is 10.1. The number of ether oxygens (including phenoxy) is 1. The van der Waals surface area contributed by atoms with Crippen LogP contribution in [0.3, 0.4) is 0 Å². The minimum absolute atomic E-state index is 0.108. The fraction of sp³-hybridized carbons (Fsp3) is 0.556. The maximum atomic E-state index is 11.8. The summed E-state index contributed by atoms with van der Waals surface area (Å²) in [4.78, 5) is 26.0. The van der Waals surface area contributed by atoms with Crippen LogP contribution in [-0.4, -0.2) is 58.4 Å². The first-order valence-corrected chi connectivity index (χ1v) is 9.97. The Balaban J connectivity index is 1.66. The fourth-order valence-electron chi connectivity index (χ4n) is 2.47. The molecule has 10 nitrogen and oxygen atoms in total. The summed E-state index contributed by atoms with van der Waals surface area (Å²) in [5.41, 5.74) is -0.453. The van der Waals surface area contributed by atoms with Crippen molar-refractivity contribution in [2.75, 3.05) is 26.3 Å². The second-order valence-corrected chi connectivity index (χ2v) is 7.99. The number of hydrogen-bond acceptors (Lipinski definition) is 9. The molecule has 1 heterocycles. The van der Waals surface area contributed by atoms with Gasteiger partial charge in [0.05, 0.1) is 22.9 Å². The third-order valence-corrected chi connectivity index (χ3v) is 4.84. The van der Waals surface area contributed by atoms with Crippen molar-refractivity contribution in [1.29, 1.82) is 0 Å². The number of fused-ring (bicyclic) bond motifs is 1. The molecule has 0 aliphatic rings. The Labute approximate surface area is 172 Å². The van der Waals surface area contributed by atoms with Gasteiger partial charge in [0.1, 0.15) is 18.5 Å². The minimum Gasteiger partial charge on any atom is -0.490 e. The lowest BCUT2D eigenvalue weighted by molar-refractivity contribution is -0.757. The van der Waals surface area contributed by atoms with Crippen molar-refractivity contribution in [1.82, 2.24) is 15.0 Å². The molecule has 1 amide bonds. The number of nitrogens with zero attached hydrogens (tertiary/aromatic N) is 2. The smallest absolute Gasteiger partial charge is 0.294 e. The predicted octanol–water partition coefficient (Wildman–Crippen LogP) is 1.51. The number of aliphatic hydroxyl groups excluding tert-OH is 1. The number of aromatic nitrogens is 1. The first-order valence-electron chi connectivity index (χ1n) is 9.20. The van der Waals surface area contributed by atoms with Gasteiger partial charge in [-0.3, -0.25) is 4.79 Å². The van der Waals surface area contributed by atoms with Gasteiger partial charge in [-0.1, -0.05) is 6.07 Å². The lowest BCUT2D eigenvalue weighted by Crippen LogP contribution is -2.51. The topological polar surface area (TPSA) is 136 Å². The van der Waals surface area contributed by atoms with E-state index in [0.717, 1.165) is 10.1 Å². The first-order chi connectivity index (χ1) is 13.8. The molecular weight excluding hydrogens is 400 g/mol. The van der Waals surface area contributed by atoms with E-state index >= 15 is 0 Å². The van der Waals surface area contributed by atoms with Crippen molar-refractivity contribution in [3.05, 3.63) is 34.5 Å². The number of benzene rings is 1. The van der Waals surface area contributed by atoms with Gasteiger partial charge in [-0.2, -0.15) is 4.37 Å². The molecule has 2 rings (SSSR count). The summed E-state index contributed by atoms with van der Waals surface area (Å²) in [5, 5.41) is 26.3. The van der Waals surface area contributed by atoms with Crippen LogP contribution < -0.4 is 15.4 Å². The van der Waals surface area contributed by atoms with Gasteiger partial charge in [-0.25, -0.2) is 0 Å². The average molecular weight is 426 g/mol. The SMILES string of the molecule is CC(C)(CNC(=O)CCCO[N+](=O)[O-])NCC(O)COc1cccc2sncc12. The Kier molecular flexibility index (Phi) is 8.55. The molecule has 2 aromatic rings. The number of hydrogen-bond donors (Lipinski definition) is 3. The van der Waals surface area contributed by atoms with E-state index in [2.05, 4.69) is 19.8 Å². The molecule has 1 aromatic heterocycles. The van der Waals surface area contributed by atoms with Crippen molar-refractivity contribution in [3.8, 4) is 5.75 Å². The van der Waals surface area contributed by atoms with Crippen LogP contribution in [0.25, 0.3) is 10.1 Å². The molecule has 0 aliphatic carbocycles. The third-order valence-electron chi connectivity index (χ3n) is 4.08. The number of carbonyl (C=O) groups is 1. The van der Waals surface area contributed by atoms with E-state index in [1.807, 2.05) is 32.0 Å². The highest BCUT2D eigenvalue weighted by Crippen LogP contribution is 2.27. The van der Waals surface area contributed by atoms with Crippen LogP contribution in [0.2, 0.25) is 0 Å². The van der Waals surface area contributed by atoms with Crippen LogP contribution in [-0.2, 0) is 9.63 Å². The third kappa shape index (κ3) is 8.18. The van der Waals surface area contributed by atoms with Crippen LogP contribution in [0.1, 0.15) is 26.7 Å². The van der Waals surface area contributed by atoms with E-state index in [4.69, 9.17) is 4.74 Å². The van der Waals surface area contributed by atoms with E-state index < -0.39 is 16.7 Å². The molecule has 160 valence electrons. The second-order valence-electron chi connectivity index (χ2n) is 7.16. The summed E-state index contributed by atoms with van der Waals surface area (Å²) in [5.74, 6) is 0.469. The Morgan fingerprint density at radius 3 is 3.00 bits per heavy atom. The van der Waals surface area contributed by atoms with Crippen molar-refractivity contribution in [2.45, 2.75) is 38.3 Å². The number of nitrogens with one attached hydrogen (secondary N) is 2. The molecule has 0 spiro atoms. The number of rotatable bonds is 13. The number of aliphatic hydroxyl groups is 1. The highest BCUT2D eigenvalue weighted by Gasteiger charge is 2.20. The molecule has 0 aliphatic heterocycles. The average Bonchev–Trinajstić information content (AvgIpc) is 3.16. The molecule has 29 heavy (non-hydrogen) atoms. The maximum absolute atomic E-state index is 11.8. The molecule has 11 heteroatoms. The number of carbonyl (C=O) groups excluding carboxylic acids is 1. The van der Waals surface area contributed by atoms with Gasteiger partial charge in [0.2, 0.25) is 5.91 Å². The zero-order valence-electron chi connectivity index (χ0n) is 16.4. The summed E-state index contributed by atoms with van der Waals surface area (Å²) >= 11 is 1.39. The normalized spacial score (nSPS) is 12.5. The van der Waals surface area contributed by atoms with Crippen molar-refractivity contribution >= 4 is 27.5 Å². The maximum Gasteiger partial charge on any atom is 0.294 e. The van der Waals surface area contributed by atoms with Crippen LogP contribution in [0.4, 0.5) is 0 Å². The molecule has 0 saturated carbocycles. The fourth-order valence-corrected chi connectivity index (χ4v) is 3.14. The summed E-state index contributed by atoms with van der Waals surface area (Å²) in [7, 11) is 0. The van der Waals surface area contributed by atoms with Gasteiger partial charge in [0.25, 0.3) is 5.09 Å². The zero-order valence-corrected chi connectivity index (χ0v) is 17.2. The van der Waals surface area contributed by atoms with Gasteiger partial charge in [0, 0.05) is 25.0 Å². The highest BCUT2D eigenvalue weighted by molar-refractivity contribution is 7.13. The summed E-state index contributed by atoms with van der Waals surface area (Å²) in [6.45, 7) is 4.44. The van der Waals surface area contributed by atoms with E-state index in [1.165, 1.54) is 11.5 Å². The summed E-state index contributed by atoms with van der Waals surface area (Å²) in [6.07, 6.45) is 1.42. The molecule has 1 aromatic carbocycles. The Morgan fingerprint density at radius 1 is 1.45 bits per heavy atom. The first kappa shape index (κ1) is 22.8. The highest BCUT2D eigenvalue weighted by atomic mass is 32.1. The minimum atomic E-state index is -0.877. The summed E-state index contributed by atoms with van der Waals surface area (Å²) in [6, 6.07) is 5.69. The molecule has 0 saturated heterocycles. The molecule has 0 bridgehead atoms. The van der Waals surface area contributed by atoms with Crippen LogP contribution in [0.15, 0.2) is 24.4 Å². The van der Waals surface area contributed by atoms with Crippen molar-refractivity contribution in [2.24, 2.45) is 0 Å². The zero-order chi connectivity index (χ0) is 21.3. The molecular formula is C18H26N4O6S. The second kappa shape index (κ2) is 10.9. The van der Waals surface area contributed by atoms with Gasteiger partial charge in [-0.05, 0) is 43.9 Å². The quantitative estimate of drug-likeness (QED) is 0.249. The van der Waals surface area contributed by atoms with Crippen LogP contribution in [0.5, 0.6) is 5.75 Å². The van der Waals surface area contributed by atoms with Gasteiger partial charge >= 0.3 is 0 Å². The molecule has 3 N–H and O–H groups in total. The molecule has 0 fully saturated rings.